The fourth-order valence-corrected chi connectivity index (χ4v) is 4.57. The monoisotopic (exact) mass is 374 g/mol. The Bertz CT molecular complexity index is 844. The summed E-state index contributed by atoms with van der Waals surface area (Å²) in [6.07, 6.45) is 6.87. The molecular formula is C20H23ClN2OS. The number of hydrogen-bond acceptors (Lipinski definition) is 3. The minimum Gasteiger partial charge on any atom is -0.311 e. The van der Waals surface area contributed by atoms with E-state index in [1.165, 1.54) is 30.5 Å². The Hall–Kier alpha value is -1.23. The van der Waals surface area contributed by atoms with Crippen molar-refractivity contribution in [3.05, 3.63) is 57.0 Å². The van der Waals surface area contributed by atoms with Crippen LogP contribution in [0.15, 0.2) is 35.1 Å². The number of hydrogen-bond donors (Lipinski definition) is 0. The van der Waals surface area contributed by atoms with E-state index >= 15 is 0 Å². The van der Waals surface area contributed by atoms with Gasteiger partial charge in [0.1, 0.15) is 0 Å². The number of pyridine rings is 1. The normalized spacial score (nSPS) is 18.0. The predicted molar refractivity (Wildman–Crippen MR) is 106 cm³/mol. The van der Waals surface area contributed by atoms with E-state index in [1.54, 1.807) is 11.9 Å². The van der Waals surface area contributed by atoms with Crippen molar-refractivity contribution in [1.29, 1.82) is 0 Å². The number of benzene rings is 1. The van der Waals surface area contributed by atoms with Crippen LogP contribution in [0, 0.1) is 5.92 Å². The van der Waals surface area contributed by atoms with Gasteiger partial charge in [-0.05, 0) is 54.3 Å². The number of halogens is 1. The van der Waals surface area contributed by atoms with Crippen LogP contribution in [0.1, 0.15) is 30.5 Å². The van der Waals surface area contributed by atoms with Crippen LogP contribution in [0.4, 0.5) is 0 Å². The summed E-state index contributed by atoms with van der Waals surface area (Å²) in [5.74, 6) is 0.662. The first kappa shape index (κ1) is 17.2. The summed E-state index contributed by atoms with van der Waals surface area (Å²) >= 11 is 7.95. The summed E-state index contributed by atoms with van der Waals surface area (Å²) < 4.78 is 4.44. The molecule has 3 nitrogen and oxygen atoms in total. The van der Waals surface area contributed by atoms with Gasteiger partial charge in [-0.15, -0.1) is 0 Å². The predicted octanol–water partition coefficient (Wildman–Crippen LogP) is 4.60. The Morgan fingerprint density at radius 1 is 1.28 bits per heavy atom. The van der Waals surface area contributed by atoms with Crippen molar-refractivity contribution in [2.75, 3.05) is 12.8 Å². The van der Waals surface area contributed by atoms with Gasteiger partial charge >= 0.3 is 0 Å². The van der Waals surface area contributed by atoms with Crippen molar-refractivity contribution in [2.24, 2.45) is 5.92 Å². The van der Waals surface area contributed by atoms with Crippen molar-refractivity contribution in [3.8, 4) is 11.1 Å². The van der Waals surface area contributed by atoms with E-state index in [4.69, 9.17) is 11.6 Å². The van der Waals surface area contributed by atoms with E-state index in [0.29, 0.717) is 10.9 Å². The zero-order chi connectivity index (χ0) is 17.4. The third-order valence-corrected chi connectivity index (χ3v) is 6.56. The minimum absolute atomic E-state index is 0.144. The quantitative estimate of drug-likeness (QED) is 0.731. The van der Waals surface area contributed by atoms with Crippen molar-refractivity contribution in [2.45, 2.75) is 38.8 Å². The molecule has 4 rings (SSSR count). The molecule has 0 amide bonds. The lowest BCUT2D eigenvalue weighted by molar-refractivity contribution is 0.268. The molecule has 1 aromatic carbocycles. The molecule has 0 atom stereocenters. The highest BCUT2D eigenvalue weighted by Gasteiger charge is 2.25. The van der Waals surface area contributed by atoms with E-state index in [0.717, 1.165) is 37.2 Å². The van der Waals surface area contributed by atoms with Crippen LogP contribution in [0.25, 0.3) is 11.1 Å². The number of fused-ring (bicyclic) bond motifs is 1. The topological polar surface area (TPSA) is 25.2 Å². The molecule has 2 aliphatic rings. The van der Waals surface area contributed by atoms with E-state index in [1.807, 2.05) is 24.3 Å². The van der Waals surface area contributed by atoms with Gasteiger partial charge in [0.25, 0.3) is 5.56 Å². The average molecular weight is 375 g/mol. The third-order valence-electron chi connectivity index (χ3n) is 5.49. The van der Waals surface area contributed by atoms with Gasteiger partial charge in [0.2, 0.25) is 0 Å². The Kier molecular flexibility index (Phi) is 4.94. The van der Waals surface area contributed by atoms with Crippen LogP contribution < -0.4 is 5.56 Å². The standard InChI is InChI=1S/C20H23ClN2OS/c1-25-22-9-8-19-16(13-22)11-18(15-6-3-7-17(21)10-15)20(24)23(19)12-14-4-2-5-14/h3,6-7,10-11,14H,2,4-5,8-9,12-13H2,1H3. The van der Waals surface area contributed by atoms with Gasteiger partial charge < -0.3 is 4.57 Å². The zero-order valence-electron chi connectivity index (χ0n) is 14.5. The number of rotatable bonds is 4. The summed E-state index contributed by atoms with van der Waals surface area (Å²) in [4.78, 5) is 13.3. The molecule has 1 fully saturated rings. The summed E-state index contributed by atoms with van der Waals surface area (Å²) in [7, 11) is 0. The maximum Gasteiger partial charge on any atom is 0.258 e. The summed E-state index contributed by atoms with van der Waals surface area (Å²) in [6.45, 7) is 2.78. The van der Waals surface area contributed by atoms with Crippen molar-refractivity contribution < 1.29 is 0 Å². The Morgan fingerprint density at radius 3 is 2.80 bits per heavy atom. The first-order valence-corrected chi connectivity index (χ1v) is 10.5. The van der Waals surface area contributed by atoms with Crippen LogP contribution in [-0.4, -0.2) is 21.7 Å². The Morgan fingerprint density at radius 2 is 2.12 bits per heavy atom. The van der Waals surface area contributed by atoms with E-state index in [-0.39, 0.29) is 5.56 Å². The molecule has 2 aromatic rings. The molecule has 1 aromatic heterocycles. The van der Waals surface area contributed by atoms with Crippen molar-refractivity contribution >= 4 is 23.5 Å². The molecule has 0 bridgehead atoms. The van der Waals surface area contributed by atoms with Crippen LogP contribution in [0.5, 0.6) is 0 Å². The molecule has 1 saturated carbocycles. The largest absolute Gasteiger partial charge is 0.311 e. The van der Waals surface area contributed by atoms with Gasteiger partial charge in [0, 0.05) is 42.3 Å². The second kappa shape index (κ2) is 7.18. The maximum atomic E-state index is 13.3. The SMILES string of the molecule is CSN1CCc2c(cc(-c3cccc(Cl)c3)c(=O)n2CC2CCC2)C1. The van der Waals surface area contributed by atoms with Crippen LogP contribution in [0.2, 0.25) is 5.02 Å². The highest BCUT2D eigenvalue weighted by Crippen LogP contribution is 2.31. The molecule has 0 N–H and O–H groups in total. The second-order valence-corrected chi connectivity index (χ2v) is 8.37. The number of aromatic nitrogens is 1. The van der Waals surface area contributed by atoms with Gasteiger partial charge in [-0.3, -0.25) is 4.79 Å². The summed E-state index contributed by atoms with van der Waals surface area (Å²) in [6, 6.07) is 9.75. The lowest BCUT2D eigenvalue weighted by atomic mass is 9.85. The molecule has 0 unspecified atom stereocenters. The maximum absolute atomic E-state index is 13.3. The van der Waals surface area contributed by atoms with Crippen molar-refractivity contribution in [3.63, 3.8) is 0 Å². The fourth-order valence-electron chi connectivity index (χ4n) is 3.84. The lowest BCUT2D eigenvalue weighted by Gasteiger charge is -2.32. The van der Waals surface area contributed by atoms with Gasteiger partial charge in [0.05, 0.1) is 0 Å². The first-order chi connectivity index (χ1) is 12.2. The zero-order valence-corrected chi connectivity index (χ0v) is 16.1. The lowest BCUT2D eigenvalue weighted by Crippen LogP contribution is -2.36. The molecule has 0 spiro atoms. The molecule has 132 valence electrons. The average Bonchev–Trinajstić information content (AvgIpc) is 2.58. The fraction of sp³-hybridized carbons (Fsp3) is 0.450. The molecular weight excluding hydrogens is 352 g/mol. The van der Waals surface area contributed by atoms with Gasteiger partial charge in [-0.25, -0.2) is 4.31 Å². The first-order valence-electron chi connectivity index (χ1n) is 8.96. The van der Waals surface area contributed by atoms with Gasteiger partial charge in [-0.2, -0.15) is 0 Å². The molecule has 25 heavy (non-hydrogen) atoms. The Labute approximate surface area is 158 Å². The smallest absolute Gasteiger partial charge is 0.258 e. The Balaban J connectivity index is 1.84. The summed E-state index contributed by atoms with van der Waals surface area (Å²) in [5.41, 5.74) is 4.38. The highest BCUT2D eigenvalue weighted by atomic mass is 35.5. The molecule has 1 aliphatic carbocycles. The number of nitrogens with zero attached hydrogens (tertiary/aromatic N) is 2. The van der Waals surface area contributed by atoms with Crippen LogP contribution in [0.3, 0.4) is 0 Å². The van der Waals surface area contributed by atoms with Crippen molar-refractivity contribution in [1.82, 2.24) is 8.87 Å². The molecule has 2 heterocycles. The molecule has 5 heteroatoms. The second-order valence-electron chi connectivity index (χ2n) is 7.05. The molecule has 1 aliphatic heterocycles. The minimum atomic E-state index is 0.144. The van der Waals surface area contributed by atoms with E-state index in [9.17, 15) is 4.79 Å². The van der Waals surface area contributed by atoms with E-state index in [2.05, 4.69) is 21.2 Å². The highest BCUT2D eigenvalue weighted by molar-refractivity contribution is 7.96. The summed E-state index contributed by atoms with van der Waals surface area (Å²) in [5, 5.41) is 0.672. The van der Waals surface area contributed by atoms with Gasteiger partial charge in [-0.1, -0.05) is 42.1 Å². The third kappa shape index (κ3) is 3.40. The van der Waals surface area contributed by atoms with Crippen LogP contribution in [-0.2, 0) is 19.5 Å². The molecule has 0 radical (unpaired) electrons. The van der Waals surface area contributed by atoms with Gasteiger partial charge in [0.15, 0.2) is 0 Å². The van der Waals surface area contributed by atoms with Crippen LogP contribution >= 0.6 is 23.5 Å². The van der Waals surface area contributed by atoms with E-state index < -0.39 is 0 Å². The molecule has 0 saturated heterocycles.